The molecule has 3 N–H and O–H groups in total. The highest BCUT2D eigenvalue weighted by molar-refractivity contribution is 7.46. The summed E-state index contributed by atoms with van der Waals surface area (Å²) in [6.07, 6.45) is 0. The number of amidine groups is 1. The Morgan fingerprint density at radius 1 is 2.00 bits per heavy atom. The molecule has 0 aliphatic heterocycles. The normalized spacial score (nSPS) is 9.60. The summed E-state index contributed by atoms with van der Waals surface area (Å²) in [7, 11) is -1.16. The predicted molar refractivity (Wildman–Crippen MR) is 22.3 cm³/mol. The van der Waals surface area contributed by atoms with Crippen LogP contribution in [0.5, 0.6) is 0 Å². The fourth-order valence-electron chi connectivity index (χ4n) is 0. The standard InChI is InChI=1S/CH5N2OP/c2-1(3)5-4/h5H2,(H3,2,3). The zero-order chi connectivity index (χ0) is 4.28. The predicted octanol–water partition coefficient (Wildman–Crippen LogP) is -0.364. The molecule has 0 saturated carbocycles. The van der Waals surface area contributed by atoms with E-state index in [1.807, 2.05) is 0 Å². The van der Waals surface area contributed by atoms with Crippen molar-refractivity contribution in [2.75, 3.05) is 0 Å². The van der Waals surface area contributed by atoms with E-state index in [1.54, 1.807) is 0 Å². The van der Waals surface area contributed by atoms with Crippen LogP contribution in [0.15, 0.2) is 0 Å². The first-order valence-corrected chi connectivity index (χ1v) is 2.11. The van der Waals surface area contributed by atoms with E-state index in [2.05, 4.69) is 5.73 Å². The quantitative estimate of drug-likeness (QED) is 0.263. The molecule has 1 unspecified atom stereocenters. The van der Waals surface area contributed by atoms with Gasteiger partial charge in [-0.1, -0.05) is 0 Å². The van der Waals surface area contributed by atoms with Gasteiger partial charge in [-0.3, -0.25) is 5.41 Å². The summed E-state index contributed by atoms with van der Waals surface area (Å²) in [5, 5.41) is 6.25. The summed E-state index contributed by atoms with van der Waals surface area (Å²) in [5.41, 5.74) is 4.38. The number of hydrogen-bond acceptors (Lipinski definition) is 2. The second kappa shape index (κ2) is 1.97. The first-order chi connectivity index (χ1) is 2.27. The first-order valence-electron chi connectivity index (χ1n) is 1.06. The summed E-state index contributed by atoms with van der Waals surface area (Å²) < 4.78 is 9.36. The van der Waals surface area contributed by atoms with Crippen LogP contribution in [-0.2, 0) is 4.57 Å². The summed E-state index contributed by atoms with van der Waals surface area (Å²) in [5.74, 6) is 0. The van der Waals surface area contributed by atoms with Gasteiger partial charge in [0.25, 0.3) is 0 Å². The van der Waals surface area contributed by atoms with Crippen molar-refractivity contribution in [1.29, 1.82) is 5.41 Å². The van der Waals surface area contributed by atoms with Gasteiger partial charge in [0.05, 0.1) is 0 Å². The fourth-order valence-corrected chi connectivity index (χ4v) is 0. The lowest BCUT2D eigenvalue weighted by Gasteiger charge is -1.68. The van der Waals surface area contributed by atoms with Crippen LogP contribution in [0, 0.1) is 5.41 Å². The molecule has 0 saturated heterocycles. The van der Waals surface area contributed by atoms with Gasteiger partial charge in [-0.2, -0.15) is 0 Å². The first kappa shape index (κ1) is 4.70. The smallest absolute Gasteiger partial charge is 0.146 e. The summed E-state index contributed by atoms with van der Waals surface area (Å²) in [6.45, 7) is 0. The minimum Gasteiger partial charge on any atom is -0.382 e. The second-order valence-corrected chi connectivity index (χ2v) is 1.43. The van der Waals surface area contributed by atoms with Crippen molar-refractivity contribution in [2.24, 2.45) is 5.73 Å². The van der Waals surface area contributed by atoms with Crippen molar-refractivity contribution in [3.63, 3.8) is 0 Å². The van der Waals surface area contributed by atoms with Crippen LogP contribution in [0.2, 0.25) is 0 Å². The van der Waals surface area contributed by atoms with Crippen LogP contribution in [0.25, 0.3) is 0 Å². The van der Waals surface area contributed by atoms with Gasteiger partial charge in [-0.25, -0.2) is 0 Å². The highest BCUT2D eigenvalue weighted by Crippen LogP contribution is 1.81. The molecule has 0 heterocycles. The molecular formula is CH5N2OP. The van der Waals surface area contributed by atoms with E-state index in [4.69, 9.17) is 5.41 Å². The Balaban J connectivity index is 3.20. The topological polar surface area (TPSA) is 66.9 Å². The highest BCUT2D eigenvalue weighted by atomic mass is 31.1. The molecule has 3 nitrogen and oxygen atoms in total. The molecule has 0 spiro atoms. The maximum atomic E-state index is 9.36. The van der Waals surface area contributed by atoms with E-state index in [1.165, 1.54) is 0 Å². The fraction of sp³-hybridized carbons (Fsp3) is 0. The largest absolute Gasteiger partial charge is 0.382 e. The highest BCUT2D eigenvalue weighted by Gasteiger charge is 1.67. The maximum absolute atomic E-state index is 9.36. The third-order valence-electron chi connectivity index (χ3n) is 0.127. The molecule has 0 aliphatic carbocycles. The van der Waals surface area contributed by atoms with E-state index in [0.29, 0.717) is 0 Å². The van der Waals surface area contributed by atoms with Gasteiger partial charge in [0.1, 0.15) is 14.0 Å². The van der Waals surface area contributed by atoms with Crippen molar-refractivity contribution in [3.8, 4) is 0 Å². The molecule has 0 aromatic heterocycles. The average molecular weight is 92.0 g/mol. The lowest BCUT2D eigenvalue weighted by Crippen LogP contribution is -1.97. The van der Waals surface area contributed by atoms with Crippen molar-refractivity contribution >= 4 is 14.0 Å². The van der Waals surface area contributed by atoms with E-state index in [9.17, 15) is 4.57 Å². The Bertz CT molecular complexity index is 60.7. The molecule has 1 atom stereocenters. The molecule has 0 aromatic rings. The molecule has 30 valence electrons. The van der Waals surface area contributed by atoms with Crippen LogP contribution in [0.1, 0.15) is 0 Å². The number of hydrogen-bond donors (Lipinski definition) is 2. The Kier molecular flexibility index (Phi) is 1.85. The average Bonchev–Trinajstić information content (AvgIpc) is 1.38. The minimum absolute atomic E-state index is 0.218. The van der Waals surface area contributed by atoms with Crippen molar-refractivity contribution in [2.45, 2.75) is 0 Å². The van der Waals surface area contributed by atoms with Crippen molar-refractivity contribution < 1.29 is 4.57 Å². The van der Waals surface area contributed by atoms with E-state index >= 15 is 0 Å². The molecule has 0 aromatic carbocycles. The summed E-state index contributed by atoms with van der Waals surface area (Å²) in [4.78, 5) is 0. The van der Waals surface area contributed by atoms with Crippen LogP contribution in [-0.4, -0.2) is 5.58 Å². The SMILES string of the molecule is N=C(N)[PH2]=O. The van der Waals surface area contributed by atoms with Gasteiger partial charge in [0.15, 0.2) is 0 Å². The Labute approximate surface area is 30.9 Å². The molecule has 5 heavy (non-hydrogen) atoms. The molecule has 0 fully saturated rings. The van der Waals surface area contributed by atoms with Gasteiger partial charge in [0, 0.05) is 0 Å². The molecule has 0 aliphatic rings. The van der Waals surface area contributed by atoms with Gasteiger partial charge >= 0.3 is 0 Å². The summed E-state index contributed by atoms with van der Waals surface area (Å²) in [6, 6.07) is 0. The monoisotopic (exact) mass is 92.0 g/mol. The van der Waals surface area contributed by atoms with E-state index < -0.39 is 8.46 Å². The van der Waals surface area contributed by atoms with Gasteiger partial charge in [0.2, 0.25) is 0 Å². The maximum Gasteiger partial charge on any atom is 0.146 e. The van der Waals surface area contributed by atoms with E-state index in [-0.39, 0.29) is 5.58 Å². The van der Waals surface area contributed by atoms with Crippen LogP contribution in [0.4, 0.5) is 0 Å². The second-order valence-electron chi connectivity index (χ2n) is 0.573. The molecular weight excluding hydrogens is 87.0 g/mol. The third-order valence-corrected chi connectivity index (χ3v) is 0.381. The van der Waals surface area contributed by atoms with Gasteiger partial charge in [-0.05, 0) is 0 Å². The molecule has 0 bridgehead atoms. The van der Waals surface area contributed by atoms with Crippen LogP contribution in [0.3, 0.4) is 0 Å². The van der Waals surface area contributed by atoms with Gasteiger partial charge in [-0.15, -0.1) is 0 Å². The minimum atomic E-state index is -1.16. The lowest BCUT2D eigenvalue weighted by atomic mass is 11.4. The number of nitrogens with two attached hydrogens (primary N) is 1. The zero-order valence-electron chi connectivity index (χ0n) is 2.56. The third kappa shape index (κ3) is 3.70. The van der Waals surface area contributed by atoms with E-state index in [0.717, 1.165) is 0 Å². The van der Waals surface area contributed by atoms with Gasteiger partial charge < -0.3 is 10.3 Å². The van der Waals surface area contributed by atoms with Crippen molar-refractivity contribution in [1.82, 2.24) is 0 Å². The Hall–Kier alpha value is -0.300. The Morgan fingerprint density at radius 2 is 2.20 bits per heavy atom. The number of rotatable bonds is 1. The zero-order valence-corrected chi connectivity index (χ0v) is 3.72. The van der Waals surface area contributed by atoms with Crippen LogP contribution < -0.4 is 5.73 Å². The van der Waals surface area contributed by atoms with Crippen molar-refractivity contribution in [3.05, 3.63) is 0 Å². The number of nitrogens with one attached hydrogen (secondary N) is 1. The summed E-state index contributed by atoms with van der Waals surface area (Å²) >= 11 is 0. The lowest BCUT2D eigenvalue weighted by molar-refractivity contribution is 0.603. The van der Waals surface area contributed by atoms with Crippen LogP contribution >= 0.6 is 8.46 Å². The Morgan fingerprint density at radius 3 is 2.20 bits per heavy atom. The molecule has 0 radical (unpaired) electrons. The molecule has 4 heteroatoms. The molecule has 0 amide bonds. The molecule has 0 rings (SSSR count).